The lowest BCUT2D eigenvalue weighted by molar-refractivity contribution is -0.384. The van der Waals surface area contributed by atoms with E-state index in [0.29, 0.717) is 24.6 Å². The number of rotatable bonds is 6. The summed E-state index contributed by atoms with van der Waals surface area (Å²) in [4.78, 5) is 18.6. The molecule has 0 fully saturated rings. The molecule has 9 nitrogen and oxygen atoms in total. The maximum atomic E-state index is 11.1. The summed E-state index contributed by atoms with van der Waals surface area (Å²) in [5.74, 6) is 0.487. The Labute approximate surface area is 121 Å². The van der Waals surface area contributed by atoms with Crippen molar-refractivity contribution in [3.63, 3.8) is 0 Å². The summed E-state index contributed by atoms with van der Waals surface area (Å²) in [6, 6.07) is 0. The number of aryl methyl sites for hydroxylation is 2. The van der Waals surface area contributed by atoms with Gasteiger partial charge in [0.1, 0.15) is 6.20 Å². The highest BCUT2D eigenvalue weighted by Crippen LogP contribution is 2.27. The summed E-state index contributed by atoms with van der Waals surface area (Å²) >= 11 is 0. The largest absolute Gasteiger partial charge is 0.354 e. The number of hydrogen-bond acceptors (Lipinski definition) is 7. The second-order valence-electron chi connectivity index (χ2n) is 4.36. The molecule has 2 N–H and O–H groups in total. The van der Waals surface area contributed by atoms with Crippen molar-refractivity contribution in [2.45, 2.75) is 20.3 Å². The van der Waals surface area contributed by atoms with Crippen LogP contribution < -0.4 is 10.6 Å². The summed E-state index contributed by atoms with van der Waals surface area (Å²) in [7, 11) is 1.79. The lowest BCUT2D eigenvalue weighted by Gasteiger charge is -2.07. The van der Waals surface area contributed by atoms with Crippen molar-refractivity contribution in [2.24, 2.45) is 7.05 Å². The van der Waals surface area contributed by atoms with Crippen LogP contribution in [0.25, 0.3) is 0 Å². The Balaban J connectivity index is 2.40. The fourth-order valence-electron chi connectivity index (χ4n) is 1.87. The third-order valence-corrected chi connectivity index (χ3v) is 2.79. The first-order chi connectivity index (χ1) is 10.0. The van der Waals surface area contributed by atoms with Crippen molar-refractivity contribution in [2.75, 3.05) is 17.2 Å². The van der Waals surface area contributed by atoms with E-state index in [1.807, 2.05) is 13.8 Å². The Morgan fingerprint density at radius 3 is 2.81 bits per heavy atom. The van der Waals surface area contributed by atoms with Crippen LogP contribution in [0.15, 0.2) is 12.4 Å². The summed E-state index contributed by atoms with van der Waals surface area (Å²) in [5, 5.41) is 21.3. The Kier molecular flexibility index (Phi) is 4.31. The average Bonchev–Trinajstić information content (AvgIpc) is 2.79. The summed E-state index contributed by atoms with van der Waals surface area (Å²) in [5.41, 5.74) is 1.34. The smallest absolute Gasteiger partial charge is 0.329 e. The average molecular weight is 291 g/mol. The van der Waals surface area contributed by atoms with Gasteiger partial charge in [-0.25, -0.2) is 4.98 Å². The Morgan fingerprint density at radius 2 is 2.19 bits per heavy atom. The van der Waals surface area contributed by atoms with Crippen molar-refractivity contribution in [3.8, 4) is 0 Å². The van der Waals surface area contributed by atoms with Crippen molar-refractivity contribution in [1.82, 2.24) is 19.7 Å². The van der Waals surface area contributed by atoms with E-state index in [1.54, 1.807) is 17.9 Å². The molecule has 0 radical (unpaired) electrons. The number of hydrogen-bond donors (Lipinski definition) is 2. The maximum Gasteiger partial charge on any atom is 0.329 e. The van der Waals surface area contributed by atoms with Gasteiger partial charge < -0.3 is 10.6 Å². The first-order valence-corrected chi connectivity index (χ1v) is 6.60. The Morgan fingerprint density at radius 1 is 1.43 bits per heavy atom. The molecule has 0 amide bonds. The van der Waals surface area contributed by atoms with E-state index in [9.17, 15) is 10.1 Å². The fraction of sp³-hybridized carbons (Fsp3) is 0.417. The van der Waals surface area contributed by atoms with Gasteiger partial charge in [0, 0.05) is 19.8 Å². The Hall–Kier alpha value is -2.71. The van der Waals surface area contributed by atoms with Crippen molar-refractivity contribution in [3.05, 3.63) is 28.2 Å². The van der Waals surface area contributed by atoms with E-state index in [2.05, 4.69) is 25.7 Å². The molecule has 21 heavy (non-hydrogen) atoms. The second-order valence-corrected chi connectivity index (χ2v) is 4.36. The van der Waals surface area contributed by atoms with Crippen LogP contribution >= 0.6 is 0 Å². The van der Waals surface area contributed by atoms with Gasteiger partial charge in [0.25, 0.3) is 0 Å². The minimum Gasteiger partial charge on any atom is -0.354 e. The van der Waals surface area contributed by atoms with Crippen LogP contribution in [0.1, 0.15) is 19.5 Å². The SMILES string of the molecule is CCNc1ncc([N+](=O)[O-])c(Nc2cn(C)nc2CC)n1. The minimum atomic E-state index is -0.514. The van der Waals surface area contributed by atoms with E-state index in [4.69, 9.17) is 0 Å². The molecule has 9 heteroatoms. The number of nitro groups is 1. The van der Waals surface area contributed by atoms with E-state index < -0.39 is 4.92 Å². The topological polar surface area (TPSA) is 111 Å². The molecule has 0 atom stereocenters. The molecule has 2 aromatic rings. The third-order valence-electron chi connectivity index (χ3n) is 2.79. The van der Waals surface area contributed by atoms with Gasteiger partial charge in [-0.3, -0.25) is 14.8 Å². The Bertz CT molecular complexity index is 653. The van der Waals surface area contributed by atoms with Crippen LogP contribution in [-0.2, 0) is 13.5 Å². The first kappa shape index (κ1) is 14.7. The van der Waals surface area contributed by atoms with Gasteiger partial charge in [-0.15, -0.1) is 0 Å². The van der Waals surface area contributed by atoms with Crippen LogP contribution in [0, 0.1) is 10.1 Å². The first-order valence-electron chi connectivity index (χ1n) is 6.60. The predicted octanol–water partition coefficient (Wildman–Crippen LogP) is 1.86. The molecule has 2 aromatic heterocycles. The van der Waals surface area contributed by atoms with Crippen LogP contribution in [-0.4, -0.2) is 31.2 Å². The lowest BCUT2D eigenvalue weighted by Crippen LogP contribution is -2.07. The number of nitrogens with one attached hydrogen (secondary N) is 2. The monoisotopic (exact) mass is 291 g/mol. The van der Waals surface area contributed by atoms with Crippen molar-refractivity contribution >= 4 is 23.1 Å². The third kappa shape index (κ3) is 3.25. The molecule has 0 aliphatic rings. The van der Waals surface area contributed by atoms with Crippen LogP contribution in [0.4, 0.5) is 23.1 Å². The van der Waals surface area contributed by atoms with Gasteiger partial charge in [0.05, 0.1) is 16.3 Å². The molecular weight excluding hydrogens is 274 g/mol. The molecule has 2 heterocycles. The molecule has 0 bridgehead atoms. The molecule has 2 rings (SSSR count). The van der Waals surface area contributed by atoms with Crippen LogP contribution in [0.5, 0.6) is 0 Å². The quantitative estimate of drug-likeness (QED) is 0.617. The zero-order valence-electron chi connectivity index (χ0n) is 12.1. The molecular formula is C12H17N7O2. The molecule has 112 valence electrons. The lowest BCUT2D eigenvalue weighted by atomic mass is 10.3. The van der Waals surface area contributed by atoms with Gasteiger partial charge in [-0.05, 0) is 13.3 Å². The van der Waals surface area contributed by atoms with E-state index in [1.165, 1.54) is 6.20 Å². The molecule has 0 aliphatic carbocycles. The molecule has 0 saturated heterocycles. The summed E-state index contributed by atoms with van der Waals surface area (Å²) in [6.45, 7) is 4.49. The fourth-order valence-corrected chi connectivity index (χ4v) is 1.87. The molecule has 0 spiro atoms. The normalized spacial score (nSPS) is 10.4. The standard InChI is InChI=1S/C12H17N7O2/c1-4-8-9(7-18(3)17-8)15-11-10(19(20)21)6-14-12(16-11)13-5-2/h6-7H,4-5H2,1-3H3,(H2,13,14,15,16). The van der Waals surface area contributed by atoms with Crippen LogP contribution in [0.3, 0.4) is 0 Å². The van der Waals surface area contributed by atoms with Gasteiger partial charge in [-0.2, -0.15) is 10.1 Å². The van der Waals surface area contributed by atoms with Gasteiger partial charge >= 0.3 is 5.69 Å². The highest BCUT2D eigenvalue weighted by Gasteiger charge is 2.19. The van der Waals surface area contributed by atoms with Gasteiger partial charge in [0.2, 0.25) is 11.8 Å². The van der Waals surface area contributed by atoms with Crippen LogP contribution in [0.2, 0.25) is 0 Å². The number of aromatic nitrogens is 4. The summed E-state index contributed by atoms with van der Waals surface area (Å²) in [6.07, 6.45) is 3.66. The maximum absolute atomic E-state index is 11.1. The van der Waals surface area contributed by atoms with Crippen molar-refractivity contribution < 1.29 is 4.92 Å². The zero-order valence-corrected chi connectivity index (χ0v) is 12.1. The van der Waals surface area contributed by atoms with Gasteiger partial charge in [-0.1, -0.05) is 6.92 Å². The number of anilines is 3. The van der Waals surface area contributed by atoms with Crippen molar-refractivity contribution in [1.29, 1.82) is 0 Å². The van der Waals surface area contributed by atoms with E-state index >= 15 is 0 Å². The minimum absolute atomic E-state index is 0.147. The van der Waals surface area contributed by atoms with Gasteiger partial charge in [0.15, 0.2) is 0 Å². The second kappa shape index (κ2) is 6.16. The van der Waals surface area contributed by atoms with E-state index in [0.717, 1.165) is 5.69 Å². The summed E-state index contributed by atoms with van der Waals surface area (Å²) < 4.78 is 1.65. The highest BCUT2D eigenvalue weighted by atomic mass is 16.6. The van der Waals surface area contributed by atoms with E-state index in [-0.39, 0.29) is 11.5 Å². The highest BCUT2D eigenvalue weighted by molar-refractivity contribution is 5.67. The molecule has 0 aliphatic heterocycles. The number of nitrogens with zero attached hydrogens (tertiary/aromatic N) is 5. The molecule has 0 aromatic carbocycles. The molecule has 0 saturated carbocycles. The zero-order chi connectivity index (χ0) is 15.4. The predicted molar refractivity (Wildman–Crippen MR) is 78.7 cm³/mol. The molecule has 0 unspecified atom stereocenters.